The summed E-state index contributed by atoms with van der Waals surface area (Å²) >= 11 is 0. The standard InChI is InChI=1S/C21H33N3O3S/c1-22(2)19-10-7-15-24(16-19)21(25)17-11-13-20(14-12-17)28(26,27)23(3)18-8-5-4-6-9-18/h11-14,18-19H,4-10,15-16H2,1-3H3. The Labute approximate surface area is 169 Å². The van der Waals surface area contributed by atoms with E-state index < -0.39 is 10.0 Å². The molecule has 1 saturated carbocycles. The molecule has 1 saturated heterocycles. The van der Waals surface area contributed by atoms with Crippen molar-refractivity contribution in [2.24, 2.45) is 0 Å². The Kier molecular flexibility index (Phi) is 6.78. The maximum Gasteiger partial charge on any atom is 0.253 e. The van der Waals surface area contributed by atoms with Gasteiger partial charge in [-0.25, -0.2) is 8.42 Å². The van der Waals surface area contributed by atoms with Crippen LogP contribution in [0.25, 0.3) is 0 Å². The van der Waals surface area contributed by atoms with Crippen LogP contribution in [0.5, 0.6) is 0 Å². The van der Waals surface area contributed by atoms with Gasteiger partial charge in [0.1, 0.15) is 0 Å². The number of benzene rings is 1. The fourth-order valence-corrected chi connectivity index (χ4v) is 5.74. The summed E-state index contributed by atoms with van der Waals surface area (Å²) in [6, 6.07) is 6.93. The maximum absolute atomic E-state index is 13.0. The topological polar surface area (TPSA) is 60.9 Å². The first-order valence-corrected chi connectivity index (χ1v) is 11.8. The van der Waals surface area contributed by atoms with Crippen LogP contribution >= 0.6 is 0 Å². The van der Waals surface area contributed by atoms with Crippen LogP contribution in [0.3, 0.4) is 0 Å². The van der Waals surface area contributed by atoms with E-state index in [4.69, 9.17) is 0 Å². The van der Waals surface area contributed by atoms with Crippen molar-refractivity contribution in [2.75, 3.05) is 34.2 Å². The Morgan fingerprint density at radius 2 is 1.54 bits per heavy atom. The van der Waals surface area contributed by atoms with E-state index in [-0.39, 0.29) is 16.8 Å². The fraction of sp³-hybridized carbons (Fsp3) is 0.667. The van der Waals surface area contributed by atoms with Crippen molar-refractivity contribution >= 4 is 15.9 Å². The lowest BCUT2D eigenvalue weighted by atomic mass is 9.96. The zero-order chi connectivity index (χ0) is 20.3. The Bertz CT molecular complexity index is 771. The molecule has 1 aliphatic heterocycles. The van der Waals surface area contributed by atoms with Crippen molar-refractivity contribution in [3.05, 3.63) is 29.8 Å². The number of likely N-dealkylation sites (N-methyl/N-ethyl adjacent to an activating group) is 1. The smallest absolute Gasteiger partial charge is 0.253 e. The highest BCUT2D eigenvalue weighted by Gasteiger charge is 2.30. The lowest BCUT2D eigenvalue weighted by molar-refractivity contribution is 0.0635. The summed E-state index contributed by atoms with van der Waals surface area (Å²) in [7, 11) is 2.24. The van der Waals surface area contributed by atoms with E-state index >= 15 is 0 Å². The molecule has 6 nitrogen and oxygen atoms in total. The predicted molar refractivity (Wildman–Crippen MR) is 111 cm³/mol. The van der Waals surface area contributed by atoms with Gasteiger partial charge >= 0.3 is 0 Å². The molecule has 1 unspecified atom stereocenters. The van der Waals surface area contributed by atoms with E-state index in [1.165, 1.54) is 10.7 Å². The molecule has 3 rings (SSSR count). The number of hydrogen-bond donors (Lipinski definition) is 0. The molecule has 1 atom stereocenters. The van der Waals surface area contributed by atoms with Gasteiger partial charge in [0, 0.05) is 37.8 Å². The Morgan fingerprint density at radius 3 is 2.14 bits per heavy atom. The quantitative estimate of drug-likeness (QED) is 0.753. The van der Waals surface area contributed by atoms with Gasteiger partial charge in [-0.2, -0.15) is 4.31 Å². The van der Waals surface area contributed by atoms with Crippen LogP contribution in [0, 0.1) is 0 Å². The minimum Gasteiger partial charge on any atom is -0.337 e. The molecule has 2 fully saturated rings. The number of piperidine rings is 1. The Balaban J connectivity index is 1.71. The molecule has 28 heavy (non-hydrogen) atoms. The third kappa shape index (κ3) is 4.58. The SMILES string of the molecule is CN(C)C1CCCN(C(=O)c2ccc(S(=O)(=O)N(C)C3CCCCC3)cc2)C1. The van der Waals surface area contributed by atoms with Gasteiger partial charge in [-0.15, -0.1) is 0 Å². The predicted octanol–water partition coefficient (Wildman–Crippen LogP) is 2.81. The van der Waals surface area contributed by atoms with Crippen molar-refractivity contribution in [1.82, 2.24) is 14.1 Å². The molecular formula is C21H33N3O3S. The highest BCUT2D eigenvalue weighted by molar-refractivity contribution is 7.89. The van der Waals surface area contributed by atoms with E-state index in [1.54, 1.807) is 31.3 Å². The molecule has 0 radical (unpaired) electrons. The van der Waals surface area contributed by atoms with Crippen molar-refractivity contribution in [1.29, 1.82) is 0 Å². The number of rotatable bonds is 5. The summed E-state index contributed by atoms with van der Waals surface area (Å²) < 4.78 is 27.4. The summed E-state index contributed by atoms with van der Waals surface area (Å²) in [5.74, 6) is -0.0175. The minimum absolute atomic E-state index is 0.0175. The first-order valence-electron chi connectivity index (χ1n) is 10.3. The fourth-order valence-electron chi connectivity index (χ4n) is 4.32. The number of nitrogens with zero attached hydrogens (tertiary/aromatic N) is 3. The number of carbonyl (C=O) groups excluding carboxylic acids is 1. The third-order valence-electron chi connectivity index (χ3n) is 6.28. The van der Waals surface area contributed by atoms with Crippen LogP contribution in [0.15, 0.2) is 29.2 Å². The zero-order valence-corrected chi connectivity index (χ0v) is 18.1. The molecule has 1 aromatic carbocycles. The molecule has 2 aliphatic rings. The van der Waals surface area contributed by atoms with Gasteiger partial charge in [0.15, 0.2) is 0 Å². The number of amides is 1. The Hall–Kier alpha value is -1.44. The summed E-state index contributed by atoms with van der Waals surface area (Å²) in [6.45, 7) is 1.48. The summed E-state index contributed by atoms with van der Waals surface area (Å²) in [4.78, 5) is 17.2. The maximum atomic E-state index is 13.0. The van der Waals surface area contributed by atoms with Gasteiger partial charge in [0.05, 0.1) is 4.90 Å². The number of likely N-dealkylation sites (tertiary alicyclic amines) is 1. The number of carbonyl (C=O) groups is 1. The molecular weight excluding hydrogens is 374 g/mol. The van der Waals surface area contributed by atoms with Gasteiger partial charge in [0.25, 0.3) is 5.91 Å². The molecule has 7 heteroatoms. The van der Waals surface area contributed by atoms with Crippen molar-refractivity contribution < 1.29 is 13.2 Å². The molecule has 1 heterocycles. The van der Waals surface area contributed by atoms with Gasteiger partial charge in [0.2, 0.25) is 10.0 Å². The molecule has 0 bridgehead atoms. The number of sulfonamides is 1. The summed E-state index contributed by atoms with van der Waals surface area (Å²) in [5, 5.41) is 0. The minimum atomic E-state index is -3.52. The second-order valence-corrected chi connectivity index (χ2v) is 10.3. The van der Waals surface area contributed by atoms with Gasteiger partial charge < -0.3 is 9.80 Å². The molecule has 0 spiro atoms. The Morgan fingerprint density at radius 1 is 0.929 bits per heavy atom. The van der Waals surface area contributed by atoms with Crippen molar-refractivity contribution in [3.8, 4) is 0 Å². The highest BCUT2D eigenvalue weighted by Crippen LogP contribution is 2.27. The zero-order valence-electron chi connectivity index (χ0n) is 17.3. The first-order chi connectivity index (χ1) is 13.3. The van der Waals surface area contributed by atoms with Crippen LogP contribution in [0.4, 0.5) is 0 Å². The second kappa shape index (κ2) is 8.93. The van der Waals surface area contributed by atoms with E-state index in [0.29, 0.717) is 11.6 Å². The lowest BCUT2D eigenvalue weighted by Gasteiger charge is -2.36. The lowest BCUT2D eigenvalue weighted by Crippen LogP contribution is -2.47. The molecule has 0 aromatic heterocycles. The molecule has 0 N–H and O–H groups in total. The largest absolute Gasteiger partial charge is 0.337 e. The third-order valence-corrected chi connectivity index (χ3v) is 8.21. The first kappa shape index (κ1) is 21.3. The highest BCUT2D eigenvalue weighted by atomic mass is 32.2. The van der Waals surface area contributed by atoms with Crippen molar-refractivity contribution in [2.45, 2.75) is 61.9 Å². The van der Waals surface area contributed by atoms with Crippen molar-refractivity contribution in [3.63, 3.8) is 0 Å². The van der Waals surface area contributed by atoms with Gasteiger partial charge in [-0.1, -0.05) is 19.3 Å². The summed E-state index contributed by atoms with van der Waals surface area (Å²) in [6.07, 6.45) is 7.30. The van der Waals surface area contributed by atoms with E-state index in [2.05, 4.69) is 4.90 Å². The summed E-state index contributed by atoms with van der Waals surface area (Å²) in [5.41, 5.74) is 0.554. The second-order valence-electron chi connectivity index (χ2n) is 8.35. The average Bonchev–Trinajstić information content (AvgIpc) is 2.73. The van der Waals surface area contributed by atoms with Crippen LogP contribution in [0.2, 0.25) is 0 Å². The van der Waals surface area contributed by atoms with Gasteiger partial charge in [-0.05, 0) is 64.0 Å². The van der Waals surface area contributed by atoms with Crippen LogP contribution in [0.1, 0.15) is 55.3 Å². The monoisotopic (exact) mass is 407 g/mol. The van der Waals surface area contributed by atoms with Crippen LogP contribution in [-0.4, -0.2) is 74.7 Å². The van der Waals surface area contributed by atoms with Crippen LogP contribution < -0.4 is 0 Å². The normalized spacial score (nSPS) is 22.0. The molecule has 1 amide bonds. The molecule has 156 valence electrons. The van der Waals surface area contributed by atoms with E-state index in [1.807, 2.05) is 19.0 Å². The van der Waals surface area contributed by atoms with E-state index in [0.717, 1.165) is 51.6 Å². The van der Waals surface area contributed by atoms with Crippen LogP contribution in [-0.2, 0) is 10.0 Å². The van der Waals surface area contributed by atoms with E-state index in [9.17, 15) is 13.2 Å². The average molecular weight is 408 g/mol. The van der Waals surface area contributed by atoms with Gasteiger partial charge in [-0.3, -0.25) is 4.79 Å². The number of hydrogen-bond acceptors (Lipinski definition) is 4. The molecule has 1 aliphatic carbocycles. The molecule has 1 aromatic rings.